The summed E-state index contributed by atoms with van der Waals surface area (Å²) in [5.74, 6) is -1.30. The summed E-state index contributed by atoms with van der Waals surface area (Å²) in [7, 11) is 1.54. The van der Waals surface area contributed by atoms with Gasteiger partial charge in [-0.1, -0.05) is 12.1 Å². The summed E-state index contributed by atoms with van der Waals surface area (Å²) < 4.78 is 18.8. The molecular weight excluding hydrogens is 303 g/mol. The molecule has 1 saturated heterocycles. The maximum atomic E-state index is 13.1. The van der Waals surface area contributed by atoms with Gasteiger partial charge in [-0.25, -0.2) is 9.18 Å². The van der Waals surface area contributed by atoms with Crippen molar-refractivity contribution >= 4 is 12.0 Å². The lowest BCUT2D eigenvalue weighted by Crippen LogP contribution is -2.43. The SMILES string of the molecule is CN(CCC(=O)O)C(=O)NC(c1ccc(F)cc1)C1CCCO1. The van der Waals surface area contributed by atoms with E-state index in [1.807, 2.05) is 0 Å². The highest BCUT2D eigenvalue weighted by atomic mass is 19.1. The smallest absolute Gasteiger partial charge is 0.317 e. The predicted octanol–water partition coefficient (Wildman–Crippen LogP) is 2.16. The third-order valence-corrected chi connectivity index (χ3v) is 3.85. The standard InChI is InChI=1S/C16H21FN2O4/c1-19(9-8-14(20)21)16(22)18-15(13-3-2-10-23-13)11-4-6-12(17)7-5-11/h4-7,13,15H,2-3,8-10H2,1H3,(H,18,22)(H,20,21). The zero-order valence-corrected chi connectivity index (χ0v) is 13.0. The van der Waals surface area contributed by atoms with Crippen LogP contribution in [-0.2, 0) is 9.53 Å². The summed E-state index contributed by atoms with van der Waals surface area (Å²) in [4.78, 5) is 24.2. The van der Waals surface area contributed by atoms with Crippen LogP contribution in [0, 0.1) is 5.82 Å². The lowest BCUT2D eigenvalue weighted by Gasteiger charge is -2.27. The minimum Gasteiger partial charge on any atom is -0.481 e. The first kappa shape index (κ1) is 17.2. The summed E-state index contributed by atoms with van der Waals surface area (Å²) in [5.41, 5.74) is 0.762. The van der Waals surface area contributed by atoms with Gasteiger partial charge in [0.1, 0.15) is 5.82 Å². The van der Waals surface area contributed by atoms with Crippen molar-refractivity contribution in [2.45, 2.75) is 31.4 Å². The molecule has 2 rings (SSSR count). The first-order valence-electron chi connectivity index (χ1n) is 7.58. The van der Waals surface area contributed by atoms with Gasteiger partial charge in [0.2, 0.25) is 0 Å². The van der Waals surface area contributed by atoms with Crippen LogP contribution < -0.4 is 5.32 Å². The van der Waals surface area contributed by atoms with Crippen LogP contribution in [-0.4, -0.2) is 48.3 Å². The maximum Gasteiger partial charge on any atom is 0.317 e. The van der Waals surface area contributed by atoms with Gasteiger partial charge in [0.25, 0.3) is 0 Å². The summed E-state index contributed by atoms with van der Waals surface area (Å²) in [6.45, 7) is 0.746. The number of carbonyl (C=O) groups is 2. The van der Waals surface area contributed by atoms with E-state index in [1.165, 1.54) is 24.1 Å². The van der Waals surface area contributed by atoms with Gasteiger partial charge in [-0.15, -0.1) is 0 Å². The Balaban J connectivity index is 2.06. The molecule has 2 unspecified atom stereocenters. The van der Waals surface area contributed by atoms with Crippen molar-refractivity contribution in [1.29, 1.82) is 0 Å². The lowest BCUT2D eigenvalue weighted by molar-refractivity contribution is -0.137. The van der Waals surface area contributed by atoms with Crippen LogP contribution >= 0.6 is 0 Å². The van der Waals surface area contributed by atoms with Crippen molar-refractivity contribution in [1.82, 2.24) is 10.2 Å². The number of amides is 2. The van der Waals surface area contributed by atoms with Crippen LogP contribution in [0.25, 0.3) is 0 Å². The Bertz CT molecular complexity index is 544. The number of carboxylic acid groups (broad SMARTS) is 1. The first-order chi connectivity index (χ1) is 11.0. The maximum absolute atomic E-state index is 13.1. The Kier molecular flexibility index (Phi) is 5.92. The Labute approximate surface area is 134 Å². The van der Waals surface area contributed by atoms with Crippen molar-refractivity contribution < 1.29 is 23.8 Å². The van der Waals surface area contributed by atoms with Crippen LogP contribution in [0.3, 0.4) is 0 Å². The molecule has 126 valence electrons. The number of ether oxygens (including phenoxy) is 1. The topological polar surface area (TPSA) is 78.9 Å². The number of hydrogen-bond acceptors (Lipinski definition) is 3. The molecule has 1 aliphatic heterocycles. The highest BCUT2D eigenvalue weighted by Crippen LogP contribution is 2.27. The van der Waals surface area contributed by atoms with Gasteiger partial charge in [-0.05, 0) is 30.5 Å². The van der Waals surface area contributed by atoms with E-state index in [0.717, 1.165) is 18.4 Å². The number of urea groups is 1. The monoisotopic (exact) mass is 324 g/mol. The number of halogens is 1. The van der Waals surface area contributed by atoms with Crippen molar-refractivity contribution in [3.63, 3.8) is 0 Å². The zero-order valence-electron chi connectivity index (χ0n) is 13.0. The number of aliphatic carboxylic acids is 1. The molecule has 1 aromatic rings. The highest BCUT2D eigenvalue weighted by molar-refractivity contribution is 5.75. The van der Waals surface area contributed by atoms with Crippen molar-refractivity contribution in [2.75, 3.05) is 20.2 Å². The van der Waals surface area contributed by atoms with Crippen LogP contribution in [0.4, 0.5) is 9.18 Å². The quantitative estimate of drug-likeness (QED) is 0.840. The molecule has 2 amide bonds. The molecule has 0 aromatic heterocycles. The van der Waals surface area contributed by atoms with Gasteiger partial charge in [0.15, 0.2) is 0 Å². The predicted molar refractivity (Wildman–Crippen MR) is 81.5 cm³/mol. The zero-order chi connectivity index (χ0) is 16.8. The second-order valence-electron chi connectivity index (χ2n) is 5.60. The molecule has 1 aromatic carbocycles. The average molecular weight is 324 g/mol. The number of nitrogens with one attached hydrogen (secondary N) is 1. The van der Waals surface area contributed by atoms with E-state index in [0.29, 0.717) is 6.61 Å². The molecule has 2 atom stereocenters. The number of rotatable bonds is 6. The number of carboxylic acids is 1. The largest absolute Gasteiger partial charge is 0.481 e. The lowest BCUT2D eigenvalue weighted by atomic mass is 9.99. The molecule has 0 saturated carbocycles. The molecular formula is C16H21FN2O4. The molecule has 1 fully saturated rings. The third-order valence-electron chi connectivity index (χ3n) is 3.85. The van der Waals surface area contributed by atoms with Gasteiger partial charge in [0, 0.05) is 20.2 Å². The Morgan fingerprint density at radius 2 is 2.13 bits per heavy atom. The van der Waals surface area contributed by atoms with Crippen molar-refractivity contribution in [2.24, 2.45) is 0 Å². The Morgan fingerprint density at radius 3 is 2.70 bits per heavy atom. The molecule has 1 aliphatic rings. The summed E-state index contributed by atoms with van der Waals surface area (Å²) in [6, 6.07) is 5.17. The molecule has 23 heavy (non-hydrogen) atoms. The Hall–Kier alpha value is -2.15. The fourth-order valence-electron chi connectivity index (χ4n) is 2.53. The molecule has 7 heteroatoms. The third kappa shape index (κ3) is 4.92. The van der Waals surface area contributed by atoms with E-state index < -0.39 is 12.0 Å². The van der Waals surface area contributed by atoms with Crippen molar-refractivity contribution in [3.05, 3.63) is 35.6 Å². The van der Waals surface area contributed by atoms with Crippen LogP contribution in [0.2, 0.25) is 0 Å². The number of hydrogen-bond donors (Lipinski definition) is 2. The normalized spacial score (nSPS) is 18.4. The van der Waals surface area contributed by atoms with E-state index in [2.05, 4.69) is 5.32 Å². The van der Waals surface area contributed by atoms with Gasteiger partial charge >= 0.3 is 12.0 Å². The fraction of sp³-hybridized carbons (Fsp3) is 0.500. The van der Waals surface area contributed by atoms with E-state index in [4.69, 9.17) is 9.84 Å². The minimum absolute atomic E-state index is 0.114. The minimum atomic E-state index is -0.959. The number of carbonyl (C=O) groups excluding carboxylic acids is 1. The van der Waals surface area contributed by atoms with Crippen LogP contribution in [0.15, 0.2) is 24.3 Å². The molecule has 0 radical (unpaired) electrons. The molecule has 0 bridgehead atoms. The van der Waals surface area contributed by atoms with Gasteiger partial charge in [0.05, 0.1) is 18.6 Å². The van der Waals surface area contributed by atoms with E-state index >= 15 is 0 Å². The van der Waals surface area contributed by atoms with E-state index in [-0.39, 0.29) is 30.9 Å². The van der Waals surface area contributed by atoms with Gasteiger partial charge < -0.3 is 20.1 Å². The van der Waals surface area contributed by atoms with Gasteiger partial charge in [-0.2, -0.15) is 0 Å². The molecule has 1 heterocycles. The van der Waals surface area contributed by atoms with Crippen LogP contribution in [0.1, 0.15) is 30.9 Å². The molecule has 2 N–H and O–H groups in total. The summed E-state index contributed by atoms with van der Waals surface area (Å²) in [6.07, 6.45) is 1.43. The molecule has 0 aliphatic carbocycles. The van der Waals surface area contributed by atoms with E-state index in [1.54, 1.807) is 12.1 Å². The molecule has 6 nitrogen and oxygen atoms in total. The van der Waals surface area contributed by atoms with Crippen LogP contribution in [0.5, 0.6) is 0 Å². The van der Waals surface area contributed by atoms with Gasteiger partial charge in [-0.3, -0.25) is 4.79 Å². The summed E-state index contributed by atoms with van der Waals surface area (Å²) >= 11 is 0. The molecule has 0 spiro atoms. The second-order valence-corrected chi connectivity index (χ2v) is 5.60. The first-order valence-corrected chi connectivity index (χ1v) is 7.58. The Morgan fingerprint density at radius 1 is 1.43 bits per heavy atom. The van der Waals surface area contributed by atoms with Crippen molar-refractivity contribution in [3.8, 4) is 0 Å². The second kappa shape index (κ2) is 7.92. The highest BCUT2D eigenvalue weighted by Gasteiger charge is 2.29. The number of nitrogens with zero attached hydrogens (tertiary/aromatic N) is 1. The number of benzene rings is 1. The van der Waals surface area contributed by atoms with E-state index in [9.17, 15) is 14.0 Å². The average Bonchev–Trinajstić information content (AvgIpc) is 3.05. The summed E-state index contributed by atoms with van der Waals surface area (Å²) in [5, 5.41) is 11.6. The fourth-order valence-corrected chi connectivity index (χ4v) is 2.53.